The van der Waals surface area contributed by atoms with Crippen molar-refractivity contribution >= 4 is 28.6 Å². The molecule has 0 saturated carbocycles. The van der Waals surface area contributed by atoms with E-state index in [0.717, 1.165) is 12.2 Å². The Hall–Kier alpha value is -1.69. The van der Waals surface area contributed by atoms with Crippen molar-refractivity contribution in [1.29, 1.82) is 0 Å². The lowest BCUT2D eigenvalue weighted by Crippen LogP contribution is -2.25. The smallest absolute Gasteiger partial charge is 0.258 e. The first-order valence-electron chi connectivity index (χ1n) is 7.65. The summed E-state index contributed by atoms with van der Waals surface area (Å²) < 4.78 is 1.49. The van der Waals surface area contributed by atoms with Crippen molar-refractivity contribution in [3.63, 3.8) is 0 Å². The average molecular weight is 346 g/mol. The standard InChI is InChI=1S/C17H16ClN3OS/c18-13-3-4-16-19-14(8-17(22)21(16)9-13)10-20-6-1-2-15(20)12-5-7-23-11-12/h3-5,7-9,11,15H,1-2,6,10H2. The van der Waals surface area contributed by atoms with Crippen molar-refractivity contribution in [3.8, 4) is 0 Å². The Balaban J connectivity index is 1.65. The summed E-state index contributed by atoms with van der Waals surface area (Å²) in [6.45, 7) is 1.75. The summed E-state index contributed by atoms with van der Waals surface area (Å²) >= 11 is 7.68. The van der Waals surface area contributed by atoms with Gasteiger partial charge in [0.15, 0.2) is 0 Å². The van der Waals surface area contributed by atoms with Gasteiger partial charge < -0.3 is 0 Å². The molecule has 4 rings (SSSR count). The fourth-order valence-electron chi connectivity index (χ4n) is 3.27. The number of hydrogen-bond donors (Lipinski definition) is 0. The summed E-state index contributed by atoms with van der Waals surface area (Å²) in [5, 5.41) is 4.87. The zero-order chi connectivity index (χ0) is 15.8. The van der Waals surface area contributed by atoms with E-state index < -0.39 is 0 Å². The molecule has 1 atom stereocenters. The third-order valence-electron chi connectivity index (χ3n) is 4.33. The van der Waals surface area contributed by atoms with E-state index in [2.05, 4.69) is 26.7 Å². The van der Waals surface area contributed by atoms with Gasteiger partial charge in [0.1, 0.15) is 5.65 Å². The van der Waals surface area contributed by atoms with Gasteiger partial charge in [0.25, 0.3) is 5.56 Å². The lowest BCUT2D eigenvalue weighted by molar-refractivity contribution is 0.246. The number of halogens is 1. The number of fused-ring (bicyclic) bond motifs is 1. The van der Waals surface area contributed by atoms with Gasteiger partial charge in [-0.25, -0.2) is 4.98 Å². The second-order valence-corrected chi connectivity index (χ2v) is 7.06. The molecule has 23 heavy (non-hydrogen) atoms. The van der Waals surface area contributed by atoms with Gasteiger partial charge in [-0.2, -0.15) is 11.3 Å². The second kappa shape index (κ2) is 6.07. The Morgan fingerprint density at radius 1 is 1.35 bits per heavy atom. The molecule has 3 aromatic heterocycles. The molecule has 4 heterocycles. The number of likely N-dealkylation sites (tertiary alicyclic amines) is 1. The molecule has 0 N–H and O–H groups in total. The molecular weight excluding hydrogens is 330 g/mol. The van der Waals surface area contributed by atoms with Gasteiger partial charge in [0.2, 0.25) is 0 Å². The normalized spacial score (nSPS) is 18.7. The van der Waals surface area contributed by atoms with Crippen LogP contribution in [0.5, 0.6) is 0 Å². The highest BCUT2D eigenvalue weighted by Gasteiger charge is 2.26. The van der Waals surface area contributed by atoms with Crippen molar-refractivity contribution < 1.29 is 0 Å². The molecule has 3 aromatic rings. The Kier molecular flexibility index (Phi) is 3.93. The van der Waals surface area contributed by atoms with Crippen molar-refractivity contribution in [2.75, 3.05) is 6.54 Å². The topological polar surface area (TPSA) is 37.6 Å². The van der Waals surface area contributed by atoms with Crippen LogP contribution in [-0.2, 0) is 6.54 Å². The molecule has 1 aliphatic rings. The number of nitrogens with zero attached hydrogens (tertiary/aromatic N) is 3. The van der Waals surface area contributed by atoms with E-state index in [9.17, 15) is 4.79 Å². The predicted molar refractivity (Wildman–Crippen MR) is 93.2 cm³/mol. The lowest BCUT2D eigenvalue weighted by atomic mass is 10.1. The number of rotatable bonds is 3. The van der Waals surface area contributed by atoms with Gasteiger partial charge in [0.05, 0.1) is 10.7 Å². The average Bonchev–Trinajstić information content (AvgIpc) is 3.19. The first-order chi connectivity index (χ1) is 11.2. The summed E-state index contributed by atoms with van der Waals surface area (Å²) in [4.78, 5) is 19.3. The second-order valence-electron chi connectivity index (χ2n) is 5.85. The molecule has 4 nitrogen and oxygen atoms in total. The maximum absolute atomic E-state index is 12.3. The SMILES string of the molecule is O=c1cc(CN2CCCC2c2ccsc2)nc2ccc(Cl)cn12. The number of hydrogen-bond acceptors (Lipinski definition) is 4. The fraction of sp³-hybridized carbons (Fsp3) is 0.294. The van der Waals surface area contributed by atoms with Crippen LogP contribution < -0.4 is 5.56 Å². The maximum atomic E-state index is 12.3. The van der Waals surface area contributed by atoms with E-state index in [1.807, 2.05) is 0 Å². The Morgan fingerprint density at radius 2 is 2.26 bits per heavy atom. The zero-order valence-corrected chi connectivity index (χ0v) is 14.1. The highest BCUT2D eigenvalue weighted by Crippen LogP contribution is 2.33. The fourth-order valence-corrected chi connectivity index (χ4v) is 4.14. The van der Waals surface area contributed by atoms with Crippen molar-refractivity contribution in [2.24, 2.45) is 0 Å². The first kappa shape index (κ1) is 14.9. The van der Waals surface area contributed by atoms with Crippen LogP contribution in [0.1, 0.15) is 30.1 Å². The molecule has 0 spiro atoms. The van der Waals surface area contributed by atoms with Crippen LogP contribution in [0.3, 0.4) is 0 Å². The summed E-state index contributed by atoms with van der Waals surface area (Å²) in [7, 11) is 0. The van der Waals surface area contributed by atoms with E-state index >= 15 is 0 Å². The summed E-state index contributed by atoms with van der Waals surface area (Å²) in [6.07, 6.45) is 3.96. The molecule has 0 bridgehead atoms. The number of pyridine rings is 1. The molecule has 0 aromatic carbocycles. The molecule has 118 valence electrons. The van der Waals surface area contributed by atoms with Gasteiger partial charge >= 0.3 is 0 Å². The first-order valence-corrected chi connectivity index (χ1v) is 8.97. The van der Waals surface area contributed by atoms with Gasteiger partial charge in [0, 0.05) is 24.8 Å². The molecule has 6 heteroatoms. The number of thiophene rings is 1. The highest BCUT2D eigenvalue weighted by atomic mass is 35.5. The van der Waals surface area contributed by atoms with Crippen LogP contribution in [0.15, 0.2) is 46.0 Å². The largest absolute Gasteiger partial charge is 0.290 e. The minimum Gasteiger partial charge on any atom is -0.290 e. The molecule has 1 aliphatic heterocycles. The van der Waals surface area contributed by atoms with Gasteiger partial charge in [-0.1, -0.05) is 11.6 Å². The number of aromatic nitrogens is 2. The third-order valence-corrected chi connectivity index (χ3v) is 5.26. The van der Waals surface area contributed by atoms with Crippen LogP contribution in [0, 0.1) is 0 Å². The van der Waals surface area contributed by atoms with Crippen LogP contribution in [0.4, 0.5) is 0 Å². The predicted octanol–water partition coefficient (Wildman–Crippen LogP) is 3.75. The monoisotopic (exact) mass is 345 g/mol. The van der Waals surface area contributed by atoms with E-state index in [4.69, 9.17) is 11.6 Å². The molecule has 1 unspecified atom stereocenters. The zero-order valence-electron chi connectivity index (χ0n) is 12.5. The third kappa shape index (κ3) is 2.92. The van der Waals surface area contributed by atoms with Crippen LogP contribution in [0.2, 0.25) is 5.02 Å². The van der Waals surface area contributed by atoms with E-state index in [0.29, 0.717) is 23.3 Å². The van der Waals surface area contributed by atoms with Gasteiger partial charge in [-0.3, -0.25) is 14.1 Å². The molecule has 1 saturated heterocycles. The van der Waals surface area contributed by atoms with Gasteiger partial charge in [-0.05, 0) is 53.9 Å². The minimum atomic E-state index is -0.0845. The molecular formula is C17H16ClN3OS. The minimum absolute atomic E-state index is 0.0845. The van der Waals surface area contributed by atoms with E-state index in [-0.39, 0.29) is 5.56 Å². The van der Waals surface area contributed by atoms with Crippen LogP contribution >= 0.6 is 22.9 Å². The Labute approximate surface area is 143 Å². The lowest BCUT2D eigenvalue weighted by Gasteiger charge is -2.23. The van der Waals surface area contributed by atoms with Crippen molar-refractivity contribution in [2.45, 2.75) is 25.4 Å². The van der Waals surface area contributed by atoms with Crippen LogP contribution in [-0.4, -0.2) is 20.8 Å². The molecule has 1 fully saturated rings. The highest BCUT2D eigenvalue weighted by molar-refractivity contribution is 7.07. The van der Waals surface area contributed by atoms with E-state index in [1.54, 1.807) is 35.7 Å². The summed E-state index contributed by atoms with van der Waals surface area (Å²) in [5.41, 5.74) is 2.75. The summed E-state index contributed by atoms with van der Waals surface area (Å²) in [6, 6.07) is 7.79. The Bertz CT molecular complexity index is 890. The maximum Gasteiger partial charge on any atom is 0.258 e. The molecule has 0 aliphatic carbocycles. The van der Waals surface area contributed by atoms with Crippen LogP contribution in [0.25, 0.3) is 5.65 Å². The molecule has 0 radical (unpaired) electrons. The van der Waals surface area contributed by atoms with Gasteiger partial charge in [-0.15, -0.1) is 0 Å². The quantitative estimate of drug-likeness (QED) is 0.725. The Morgan fingerprint density at radius 3 is 3.09 bits per heavy atom. The van der Waals surface area contributed by atoms with E-state index in [1.165, 1.54) is 22.8 Å². The molecule has 0 amide bonds. The van der Waals surface area contributed by atoms with Crippen molar-refractivity contribution in [1.82, 2.24) is 14.3 Å². The summed E-state index contributed by atoms with van der Waals surface area (Å²) in [5.74, 6) is 0. The van der Waals surface area contributed by atoms with Crippen molar-refractivity contribution in [3.05, 3.63) is 67.9 Å².